The highest BCUT2D eigenvalue weighted by atomic mass is 16.5. The maximum absolute atomic E-state index is 7.57. The molecule has 0 aliphatic heterocycles. The number of rotatable bonds is 21. The van der Waals surface area contributed by atoms with Crippen molar-refractivity contribution in [1.82, 2.24) is 60.0 Å². The molecule has 2 aliphatic carbocycles. The number of pyridine rings is 2. The number of aliphatic hydroxyl groups is 1. The lowest BCUT2D eigenvalue weighted by Gasteiger charge is -2.35. The van der Waals surface area contributed by atoms with Gasteiger partial charge in [-0.25, -0.2) is 29.9 Å². The standard InChI is InChI=1S/C32H37N7O.C30H33N7.C2H6O.C2H6/c1-2-40-18-16-34-13-6-14-35-26-19-25(20-26)32-38-29(30-31(33)36-15-17-39(30)32)24-10-9-23-11-12-27(37-28(23)21-24)22-7-4-3-5-8-22;1-2-32-13-6-14-33-24-17-23(18-24)30-36-27(28-29(31)34-15-16-37(28)30)22-10-9-21-11-12-25(35-26(21)19-22)20-7-4-3-5-8-20;1-2-3;1-2/h3-5,7-12,15,17,21,25-26,34-35H,2,6,13-14,16,18-20H2,1H3,(H2,33,36);3-5,7-12,15-16,19,23-24,32-33H,2,6,13-14,17-18H2,1H3,(H2,31,34);3H,2H2,1H3;1-2H3. The highest BCUT2D eigenvalue weighted by Gasteiger charge is 2.35. The van der Waals surface area contributed by atoms with Crippen LogP contribution in [0.3, 0.4) is 0 Å². The Labute approximate surface area is 482 Å². The third kappa shape index (κ3) is 14.1. The van der Waals surface area contributed by atoms with E-state index in [1.807, 2.05) is 69.6 Å². The second kappa shape index (κ2) is 29.3. The van der Waals surface area contributed by atoms with Gasteiger partial charge in [-0.2, -0.15) is 0 Å². The second-order valence-corrected chi connectivity index (χ2v) is 20.6. The van der Waals surface area contributed by atoms with Crippen molar-refractivity contribution in [2.75, 3.05) is 70.6 Å². The molecule has 2 aliphatic rings. The van der Waals surface area contributed by atoms with E-state index in [0.29, 0.717) is 35.6 Å². The Kier molecular flexibility index (Phi) is 21.1. The summed E-state index contributed by atoms with van der Waals surface area (Å²) < 4.78 is 9.64. The number of aromatic nitrogens is 8. The molecule has 2 fully saturated rings. The molecule has 0 bridgehead atoms. The van der Waals surface area contributed by atoms with Gasteiger partial charge in [-0.1, -0.05) is 118 Å². The number of nitrogens with one attached hydrogen (secondary N) is 4. The number of aliphatic hydroxyl groups excluding tert-OH is 1. The normalized spacial score (nSPS) is 16.4. The van der Waals surface area contributed by atoms with Gasteiger partial charge in [-0.15, -0.1) is 0 Å². The second-order valence-electron chi connectivity index (χ2n) is 20.6. The van der Waals surface area contributed by atoms with Crippen LogP contribution in [0.2, 0.25) is 0 Å². The van der Waals surface area contributed by atoms with Crippen LogP contribution in [-0.4, -0.2) is 115 Å². The molecule has 0 amide bonds. The third-order valence-corrected chi connectivity index (χ3v) is 15.1. The Morgan fingerprint density at radius 2 is 0.976 bits per heavy atom. The van der Waals surface area contributed by atoms with Crippen molar-refractivity contribution in [2.24, 2.45) is 0 Å². The molecule has 4 aromatic carbocycles. The molecule has 0 spiro atoms. The maximum atomic E-state index is 7.57. The lowest BCUT2D eigenvalue weighted by atomic mass is 9.79. The van der Waals surface area contributed by atoms with Gasteiger partial charge >= 0.3 is 0 Å². The van der Waals surface area contributed by atoms with Crippen molar-refractivity contribution >= 4 is 44.5 Å². The maximum Gasteiger partial charge on any atom is 0.150 e. The zero-order valence-electron chi connectivity index (χ0n) is 48.4. The molecular weight excluding hydrogens is 1020 g/mol. The molecule has 10 aromatic rings. The fourth-order valence-corrected chi connectivity index (χ4v) is 10.8. The van der Waals surface area contributed by atoms with Crippen molar-refractivity contribution in [3.8, 4) is 45.0 Å². The molecule has 82 heavy (non-hydrogen) atoms. The molecule has 0 radical (unpaired) electrons. The van der Waals surface area contributed by atoms with Crippen LogP contribution in [0.25, 0.3) is 77.9 Å². The van der Waals surface area contributed by atoms with E-state index in [0.717, 1.165) is 181 Å². The predicted molar refractivity (Wildman–Crippen MR) is 336 cm³/mol. The van der Waals surface area contributed by atoms with Crippen molar-refractivity contribution < 1.29 is 9.84 Å². The quantitative estimate of drug-likeness (QED) is 0.0333. The molecule has 0 unspecified atom stereocenters. The summed E-state index contributed by atoms with van der Waals surface area (Å²) in [6.07, 6.45) is 14.1. The van der Waals surface area contributed by atoms with E-state index >= 15 is 0 Å². The summed E-state index contributed by atoms with van der Waals surface area (Å²) in [6.45, 7) is 17.7. The van der Waals surface area contributed by atoms with Crippen LogP contribution in [0.5, 0.6) is 0 Å². The number of benzene rings is 4. The molecule has 0 atom stereocenters. The van der Waals surface area contributed by atoms with Gasteiger partial charge in [0.2, 0.25) is 0 Å². The van der Waals surface area contributed by atoms with Crippen LogP contribution in [-0.2, 0) is 4.74 Å². The summed E-state index contributed by atoms with van der Waals surface area (Å²) in [4.78, 5) is 29.1. The highest BCUT2D eigenvalue weighted by molar-refractivity contribution is 5.93. The van der Waals surface area contributed by atoms with Gasteiger partial charge in [0, 0.05) is 101 Å². The smallest absolute Gasteiger partial charge is 0.150 e. The number of nitrogens with two attached hydrogens (primary N) is 2. The molecule has 428 valence electrons. The first-order valence-electron chi connectivity index (χ1n) is 29.6. The van der Waals surface area contributed by atoms with E-state index in [-0.39, 0.29) is 6.61 Å². The minimum atomic E-state index is 0.250. The molecule has 2 saturated carbocycles. The molecular formula is C66H82N14O2. The lowest BCUT2D eigenvalue weighted by Crippen LogP contribution is -2.41. The Balaban J connectivity index is 0.000000184. The topological polar surface area (TPSA) is 216 Å². The average molecular weight is 1100 g/mol. The fourth-order valence-electron chi connectivity index (χ4n) is 10.8. The zero-order valence-corrected chi connectivity index (χ0v) is 48.4. The first kappa shape index (κ1) is 58.9. The molecule has 6 aromatic heterocycles. The van der Waals surface area contributed by atoms with Gasteiger partial charge in [0.1, 0.15) is 45.7 Å². The van der Waals surface area contributed by atoms with E-state index < -0.39 is 0 Å². The number of nitrogen functional groups attached to an aromatic ring is 2. The number of anilines is 2. The number of hydrogen-bond acceptors (Lipinski definition) is 14. The molecule has 9 N–H and O–H groups in total. The van der Waals surface area contributed by atoms with Gasteiger partial charge in [0.25, 0.3) is 0 Å². The SMILES string of the molecule is CC.CCNCCCNC1CC(c2nc(-c3ccc4ccc(-c5ccccc5)nc4c3)c3c(N)nccn23)C1.CCO.CCOCCNCCCNC1CC(c2nc(-c3ccc4ccc(-c5ccccc5)nc4c3)c3c(N)nccn23)C1. The number of imidazole rings is 2. The fraction of sp³-hybridized carbons (Fsp3) is 0.364. The Morgan fingerprint density at radius 3 is 1.41 bits per heavy atom. The first-order chi connectivity index (χ1) is 40.3. The largest absolute Gasteiger partial charge is 0.397 e. The van der Waals surface area contributed by atoms with E-state index in [1.54, 1.807) is 19.3 Å². The lowest BCUT2D eigenvalue weighted by molar-refractivity contribution is 0.149. The number of ether oxygens (including phenoxy) is 1. The monoisotopic (exact) mass is 1100 g/mol. The average Bonchev–Trinajstić information content (AvgIpc) is 2.54. The van der Waals surface area contributed by atoms with Crippen molar-refractivity contribution in [1.29, 1.82) is 0 Å². The highest BCUT2D eigenvalue weighted by Crippen LogP contribution is 2.42. The zero-order chi connectivity index (χ0) is 57.2. The molecule has 12 rings (SSSR count). The summed E-state index contributed by atoms with van der Waals surface area (Å²) in [5.74, 6) is 3.90. The Hall–Kier alpha value is -7.70. The minimum absolute atomic E-state index is 0.250. The van der Waals surface area contributed by atoms with Gasteiger partial charge in [-0.05, 0) is 109 Å². The van der Waals surface area contributed by atoms with Crippen molar-refractivity contribution in [3.63, 3.8) is 0 Å². The number of hydrogen-bond donors (Lipinski definition) is 7. The van der Waals surface area contributed by atoms with Crippen LogP contribution in [0.1, 0.15) is 96.6 Å². The summed E-state index contributed by atoms with van der Waals surface area (Å²) in [5.41, 5.74) is 24.3. The van der Waals surface area contributed by atoms with Crippen LogP contribution in [0.4, 0.5) is 11.6 Å². The Morgan fingerprint density at radius 1 is 0.537 bits per heavy atom. The summed E-state index contributed by atoms with van der Waals surface area (Å²) >= 11 is 0. The summed E-state index contributed by atoms with van der Waals surface area (Å²) in [6, 6.07) is 42.7. The number of fused-ring (bicyclic) bond motifs is 4. The minimum Gasteiger partial charge on any atom is -0.397 e. The number of nitrogens with zero attached hydrogens (tertiary/aromatic N) is 8. The van der Waals surface area contributed by atoms with Crippen LogP contribution < -0.4 is 32.7 Å². The van der Waals surface area contributed by atoms with Crippen molar-refractivity contribution in [3.05, 3.63) is 158 Å². The van der Waals surface area contributed by atoms with Gasteiger partial charge in [0.05, 0.1) is 29.0 Å². The van der Waals surface area contributed by atoms with Crippen LogP contribution in [0, 0.1) is 0 Å². The van der Waals surface area contributed by atoms with E-state index in [1.165, 1.54) is 0 Å². The van der Waals surface area contributed by atoms with Crippen LogP contribution in [0.15, 0.2) is 146 Å². The molecule has 0 saturated heterocycles. The third-order valence-electron chi connectivity index (χ3n) is 15.1. The summed E-state index contributed by atoms with van der Waals surface area (Å²) in [5, 5.41) is 24.0. The van der Waals surface area contributed by atoms with Crippen molar-refractivity contribution in [2.45, 2.75) is 97.1 Å². The first-order valence-corrected chi connectivity index (χ1v) is 29.6. The van der Waals surface area contributed by atoms with Crippen LogP contribution >= 0.6 is 0 Å². The predicted octanol–water partition coefficient (Wildman–Crippen LogP) is 11.1. The molecule has 16 heteroatoms. The van der Waals surface area contributed by atoms with E-state index in [2.05, 4.69) is 132 Å². The van der Waals surface area contributed by atoms with Gasteiger partial charge in [-0.3, -0.25) is 8.80 Å². The van der Waals surface area contributed by atoms with Gasteiger partial charge in [0.15, 0.2) is 0 Å². The van der Waals surface area contributed by atoms with E-state index in [4.69, 9.17) is 41.2 Å². The molecule has 6 heterocycles. The molecule has 16 nitrogen and oxygen atoms in total. The van der Waals surface area contributed by atoms with Gasteiger partial charge < -0.3 is 42.6 Å². The van der Waals surface area contributed by atoms with E-state index in [9.17, 15) is 0 Å². The Bertz CT molecular complexity index is 3600. The summed E-state index contributed by atoms with van der Waals surface area (Å²) in [7, 11) is 0.